The van der Waals surface area contributed by atoms with Crippen molar-refractivity contribution in [3.63, 3.8) is 0 Å². The number of amides is 1. The number of benzene rings is 1. The first kappa shape index (κ1) is 13.5. The van der Waals surface area contributed by atoms with Crippen LogP contribution in [0.2, 0.25) is 0 Å². The van der Waals surface area contributed by atoms with Crippen molar-refractivity contribution >= 4 is 29.0 Å². The van der Waals surface area contributed by atoms with Gasteiger partial charge in [-0.3, -0.25) is 4.79 Å². The predicted octanol–water partition coefficient (Wildman–Crippen LogP) is 3.29. The average molecular weight is 276 g/mol. The number of carbonyl (C=O) groups excluding carboxylic acids is 1. The van der Waals surface area contributed by atoms with Gasteiger partial charge < -0.3 is 15.5 Å². The molecular formula is C14H16N2O2S. The minimum atomic E-state index is -0.0146. The van der Waals surface area contributed by atoms with Gasteiger partial charge in [-0.2, -0.15) is 0 Å². The molecule has 0 saturated heterocycles. The van der Waals surface area contributed by atoms with Crippen LogP contribution in [0.1, 0.15) is 12.2 Å². The van der Waals surface area contributed by atoms with Crippen molar-refractivity contribution in [1.29, 1.82) is 0 Å². The van der Waals surface area contributed by atoms with Crippen LogP contribution in [0.5, 0.6) is 0 Å². The first-order valence-corrected chi connectivity index (χ1v) is 6.96. The molecule has 0 atom stereocenters. The summed E-state index contributed by atoms with van der Waals surface area (Å²) >= 11 is 1.62. The molecule has 1 amide bonds. The van der Waals surface area contributed by atoms with Crippen molar-refractivity contribution < 1.29 is 9.21 Å². The second-order valence-electron chi connectivity index (χ2n) is 4.11. The molecule has 0 saturated carbocycles. The van der Waals surface area contributed by atoms with Crippen LogP contribution in [0.4, 0.5) is 11.4 Å². The van der Waals surface area contributed by atoms with E-state index in [2.05, 4.69) is 5.32 Å². The van der Waals surface area contributed by atoms with Crippen molar-refractivity contribution in [2.75, 3.05) is 16.8 Å². The standard InChI is InChI=1S/C14H16N2O2S/c1-10-13(5-7-18-10)19-8-6-14(17)16-12-4-2-3-11(15)9-12/h2-5,7,9H,6,8,15H2,1H3,(H,16,17). The number of hydrogen-bond acceptors (Lipinski definition) is 4. The van der Waals surface area contributed by atoms with Crippen molar-refractivity contribution in [3.8, 4) is 0 Å². The van der Waals surface area contributed by atoms with Crippen molar-refractivity contribution in [3.05, 3.63) is 42.4 Å². The van der Waals surface area contributed by atoms with Gasteiger partial charge in [0.2, 0.25) is 5.91 Å². The fraction of sp³-hybridized carbons (Fsp3) is 0.214. The zero-order valence-corrected chi connectivity index (χ0v) is 11.5. The highest BCUT2D eigenvalue weighted by Crippen LogP contribution is 2.23. The second kappa shape index (κ2) is 6.33. The molecule has 0 aliphatic carbocycles. The van der Waals surface area contributed by atoms with Gasteiger partial charge in [-0.15, -0.1) is 11.8 Å². The van der Waals surface area contributed by atoms with E-state index in [-0.39, 0.29) is 5.91 Å². The summed E-state index contributed by atoms with van der Waals surface area (Å²) in [6.45, 7) is 1.91. The topological polar surface area (TPSA) is 68.3 Å². The summed E-state index contributed by atoms with van der Waals surface area (Å²) in [4.78, 5) is 12.8. The molecule has 1 aromatic carbocycles. The Morgan fingerprint density at radius 3 is 2.95 bits per heavy atom. The molecule has 2 rings (SSSR count). The summed E-state index contributed by atoms with van der Waals surface area (Å²) in [5, 5.41) is 2.82. The number of thioether (sulfide) groups is 1. The molecule has 0 aliphatic heterocycles. The van der Waals surface area contributed by atoms with E-state index in [1.165, 1.54) is 0 Å². The summed E-state index contributed by atoms with van der Waals surface area (Å²) in [6.07, 6.45) is 2.11. The molecule has 1 aromatic heterocycles. The Morgan fingerprint density at radius 2 is 2.26 bits per heavy atom. The lowest BCUT2D eigenvalue weighted by Gasteiger charge is -2.05. The molecule has 0 radical (unpaired) electrons. The Balaban J connectivity index is 1.77. The molecule has 3 N–H and O–H groups in total. The molecule has 2 aromatic rings. The van der Waals surface area contributed by atoms with Gasteiger partial charge in [-0.05, 0) is 31.2 Å². The lowest BCUT2D eigenvalue weighted by atomic mass is 10.3. The summed E-state index contributed by atoms with van der Waals surface area (Å²) < 4.78 is 5.20. The van der Waals surface area contributed by atoms with Crippen LogP contribution in [0.15, 0.2) is 45.9 Å². The third-order valence-corrected chi connectivity index (χ3v) is 3.71. The lowest BCUT2D eigenvalue weighted by molar-refractivity contribution is -0.115. The Morgan fingerprint density at radius 1 is 1.42 bits per heavy atom. The lowest BCUT2D eigenvalue weighted by Crippen LogP contribution is -2.12. The summed E-state index contributed by atoms with van der Waals surface area (Å²) in [5.41, 5.74) is 7.02. The fourth-order valence-electron chi connectivity index (χ4n) is 1.62. The maximum absolute atomic E-state index is 11.7. The van der Waals surface area contributed by atoms with E-state index in [1.54, 1.807) is 30.2 Å². The van der Waals surface area contributed by atoms with Crippen LogP contribution in [0.25, 0.3) is 0 Å². The van der Waals surface area contributed by atoms with Crippen LogP contribution >= 0.6 is 11.8 Å². The molecule has 0 unspecified atom stereocenters. The molecule has 19 heavy (non-hydrogen) atoms. The van der Waals surface area contributed by atoms with Gasteiger partial charge in [0.25, 0.3) is 0 Å². The molecule has 0 spiro atoms. The van der Waals surface area contributed by atoms with Gasteiger partial charge in [-0.25, -0.2) is 0 Å². The van der Waals surface area contributed by atoms with Gasteiger partial charge in [-0.1, -0.05) is 6.07 Å². The first-order chi connectivity index (χ1) is 9.15. The highest BCUT2D eigenvalue weighted by molar-refractivity contribution is 7.99. The van der Waals surface area contributed by atoms with E-state index in [1.807, 2.05) is 25.1 Å². The Bertz CT molecular complexity index is 566. The number of hydrogen-bond donors (Lipinski definition) is 2. The van der Waals surface area contributed by atoms with Gasteiger partial charge in [0.1, 0.15) is 5.76 Å². The van der Waals surface area contributed by atoms with E-state index in [9.17, 15) is 4.79 Å². The number of nitrogens with one attached hydrogen (secondary N) is 1. The fourth-order valence-corrected chi connectivity index (χ4v) is 2.53. The molecule has 0 fully saturated rings. The minimum Gasteiger partial charge on any atom is -0.468 e. The number of aryl methyl sites for hydroxylation is 1. The third kappa shape index (κ3) is 4.06. The van der Waals surface area contributed by atoms with Gasteiger partial charge in [0.05, 0.1) is 6.26 Å². The molecule has 5 heteroatoms. The molecular weight excluding hydrogens is 260 g/mol. The van der Waals surface area contributed by atoms with Crippen molar-refractivity contribution in [1.82, 2.24) is 0 Å². The normalized spacial score (nSPS) is 10.4. The number of anilines is 2. The Hall–Kier alpha value is -1.88. The van der Waals surface area contributed by atoms with Crippen molar-refractivity contribution in [2.45, 2.75) is 18.2 Å². The number of nitrogen functional groups attached to an aromatic ring is 1. The van der Waals surface area contributed by atoms with Crippen molar-refractivity contribution in [2.24, 2.45) is 0 Å². The molecule has 1 heterocycles. The van der Waals surface area contributed by atoms with Crippen LogP contribution in [-0.2, 0) is 4.79 Å². The van der Waals surface area contributed by atoms with Gasteiger partial charge in [0, 0.05) is 28.4 Å². The summed E-state index contributed by atoms with van der Waals surface area (Å²) in [6, 6.07) is 9.07. The Labute approximate surface area is 116 Å². The first-order valence-electron chi connectivity index (χ1n) is 5.97. The number of nitrogens with two attached hydrogens (primary N) is 1. The maximum Gasteiger partial charge on any atom is 0.225 e. The average Bonchev–Trinajstić information content (AvgIpc) is 2.75. The summed E-state index contributed by atoms with van der Waals surface area (Å²) in [5.74, 6) is 1.59. The molecule has 0 aliphatic rings. The number of rotatable bonds is 5. The minimum absolute atomic E-state index is 0.0146. The van der Waals surface area contributed by atoms with E-state index in [0.29, 0.717) is 17.9 Å². The summed E-state index contributed by atoms with van der Waals surface area (Å²) in [7, 11) is 0. The zero-order chi connectivity index (χ0) is 13.7. The van der Waals surface area contributed by atoms with E-state index in [4.69, 9.17) is 10.2 Å². The molecule has 100 valence electrons. The smallest absolute Gasteiger partial charge is 0.225 e. The highest BCUT2D eigenvalue weighted by atomic mass is 32.2. The largest absolute Gasteiger partial charge is 0.468 e. The molecule has 0 bridgehead atoms. The SMILES string of the molecule is Cc1occc1SCCC(=O)Nc1cccc(N)c1. The number of furan rings is 1. The monoisotopic (exact) mass is 276 g/mol. The highest BCUT2D eigenvalue weighted by Gasteiger charge is 2.05. The van der Waals surface area contributed by atoms with Crippen LogP contribution < -0.4 is 11.1 Å². The Kier molecular flexibility index (Phi) is 4.52. The van der Waals surface area contributed by atoms with E-state index in [0.717, 1.165) is 16.3 Å². The third-order valence-electron chi connectivity index (χ3n) is 2.57. The predicted molar refractivity (Wildman–Crippen MR) is 78.3 cm³/mol. The van der Waals surface area contributed by atoms with Crippen LogP contribution in [-0.4, -0.2) is 11.7 Å². The van der Waals surface area contributed by atoms with E-state index >= 15 is 0 Å². The number of carbonyl (C=O) groups is 1. The van der Waals surface area contributed by atoms with E-state index < -0.39 is 0 Å². The van der Waals surface area contributed by atoms with Gasteiger partial charge >= 0.3 is 0 Å². The quantitative estimate of drug-likeness (QED) is 0.649. The van der Waals surface area contributed by atoms with Crippen LogP contribution in [0.3, 0.4) is 0 Å². The van der Waals surface area contributed by atoms with Crippen LogP contribution in [0, 0.1) is 6.92 Å². The maximum atomic E-state index is 11.7. The van der Waals surface area contributed by atoms with Gasteiger partial charge in [0.15, 0.2) is 0 Å². The molecule has 4 nitrogen and oxygen atoms in total. The zero-order valence-electron chi connectivity index (χ0n) is 10.7. The second-order valence-corrected chi connectivity index (χ2v) is 5.25.